The molecule has 0 aromatic carbocycles. The molecule has 0 fully saturated rings. The summed E-state index contributed by atoms with van der Waals surface area (Å²) < 4.78 is 18.5. The van der Waals surface area contributed by atoms with E-state index in [2.05, 4.69) is 18.0 Å². The molecule has 0 spiro atoms. The van der Waals surface area contributed by atoms with Gasteiger partial charge in [0.2, 0.25) is 0 Å². The molecule has 0 bridgehead atoms. The van der Waals surface area contributed by atoms with Crippen molar-refractivity contribution >= 4 is 0 Å². The Morgan fingerprint density at radius 3 is 3.05 bits per heavy atom. The smallest absolute Gasteiger partial charge is 0.118 e. The van der Waals surface area contributed by atoms with Crippen LogP contribution in [-0.4, -0.2) is 12.1 Å². The van der Waals surface area contributed by atoms with Crippen LogP contribution in [0.5, 0.6) is 0 Å². The number of rotatable bonds is 4. The first-order valence-electron chi connectivity index (χ1n) is 6.75. The zero-order valence-corrected chi connectivity index (χ0v) is 11.5. The number of allylic oxidation sites excluding steroid dienone is 4. The lowest BCUT2D eigenvalue weighted by Gasteiger charge is -2.19. The average molecular weight is 261 g/mol. The average Bonchev–Trinajstić information content (AvgIpc) is 2.63. The molecule has 0 aliphatic heterocycles. The highest BCUT2D eigenvalue weighted by atomic mass is 19.1. The highest BCUT2D eigenvalue weighted by Gasteiger charge is 2.18. The Balaban J connectivity index is 2.39. The van der Waals surface area contributed by atoms with E-state index in [1.54, 1.807) is 19.3 Å². The van der Waals surface area contributed by atoms with E-state index in [-0.39, 0.29) is 11.7 Å². The Hall–Kier alpha value is -1.48. The Morgan fingerprint density at radius 2 is 2.32 bits per heavy atom. The molecule has 0 unspecified atom stereocenters. The van der Waals surface area contributed by atoms with Crippen LogP contribution in [0.4, 0.5) is 4.39 Å². The number of hydrogen-bond acceptors (Lipinski definition) is 2. The quantitative estimate of drug-likeness (QED) is 0.814. The van der Waals surface area contributed by atoms with Crippen molar-refractivity contribution in [2.24, 2.45) is 0 Å². The standard InChI is InChI=1S/C16H20FNO/c1-3-12-9-10-18-15(11-19-2)16(12)13-5-4-6-14(17)8-7-13/h6-10,13H,3-5,11H2,1-2H3/t13-/m0/s1. The highest BCUT2D eigenvalue weighted by molar-refractivity contribution is 5.37. The molecule has 0 saturated heterocycles. The van der Waals surface area contributed by atoms with Gasteiger partial charge in [-0.15, -0.1) is 0 Å². The fraction of sp³-hybridized carbons (Fsp3) is 0.438. The maximum atomic E-state index is 13.3. The third kappa shape index (κ3) is 3.29. The van der Waals surface area contributed by atoms with E-state index < -0.39 is 0 Å². The minimum atomic E-state index is -0.141. The number of hydrogen-bond donors (Lipinski definition) is 0. The van der Waals surface area contributed by atoms with Gasteiger partial charge in [0.1, 0.15) is 5.83 Å². The second kappa shape index (κ2) is 6.62. The fourth-order valence-electron chi connectivity index (χ4n) is 2.59. The largest absolute Gasteiger partial charge is 0.378 e. The molecule has 0 N–H and O–H groups in total. The zero-order chi connectivity index (χ0) is 13.7. The van der Waals surface area contributed by atoms with Crippen LogP contribution >= 0.6 is 0 Å². The molecule has 19 heavy (non-hydrogen) atoms. The fourth-order valence-corrected chi connectivity index (χ4v) is 2.59. The molecular weight excluding hydrogens is 241 g/mol. The first kappa shape index (κ1) is 13.9. The molecule has 1 aromatic rings. The lowest BCUT2D eigenvalue weighted by molar-refractivity contribution is 0.180. The number of nitrogens with zero attached hydrogens (tertiary/aromatic N) is 1. The first-order valence-corrected chi connectivity index (χ1v) is 6.75. The van der Waals surface area contributed by atoms with Gasteiger partial charge in [0.15, 0.2) is 0 Å². The van der Waals surface area contributed by atoms with Crippen molar-refractivity contribution in [3.8, 4) is 0 Å². The summed E-state index contributed by atoms with van der Waals surface area (Å²) in [5.74, 6) is 0.0797. The van der Waals surface area contributed by atoms with Crippen LogP contribution in [0.25, 0.3) is 0 Å². The van der Waals surface area contributed by atoms with E-state index >= 15 is 0 Å². The predicted molar refractivity (Wildman–Crippen MR) is 74.6 cm³/mol. The van der Waals surface area contributed by atoms with Gasteiger partial charge < -0.3 is 4.74 Å². The van der Waals surface area contributed by atoms with Gasteiger partial charge in [0, 0.05) is 19.2 Å². The summed E-state index contributed by atoms with van der Waals surface area (Å²) in [6.07, 6.45) is 9.63. The lowest BCUT2D eigenvalue weighted by Crippen LogP contribution is -2.08. The van der Waals surface area contributed by atoms with E-state index in [0.717, 1.165) is 25.0 Å². The highest BCUT2D eigenvalue weighted by Crippen LogP contribution is 2.31. The number of halogens is 1. The SMILES string of the molecule is CCc1ccnc(COC)c1[C@@H]1C=CC(F)=CCC1. The van der Waals surface area contributed by atoms with Crippen molar-refractivity contribution in [1.82, 2.24) is 4.98 Å². The summed E-state index contributed by atoms with van der Waals surface area (Å²) in [5.41, 5.74) is 3.46. The third-order valence-electron chi connectivity index (χ3n) is 3.50. The van der Waals surface area contributed by atoms with Crippen LogP contribution in [0.1, 0.15) is 42.5 Å². The van der Waals surface area contributed by atoms with Gasteiger partial charge >= 0.3 is 0 Å². The van der Waals surface area contributed by atoms with E-state index in [1.807, 2.05) is 12.3 Å². The van der Waals surface area contributed by atoms with Crippen molar-refractivity contribution in [3.05, 3.63) is 53.1 Å². The molecule has 2 rings (SSSR count). The van der Waals surface area contributed by atoms with E-state index in [1.165, 1.54) is 11.1 Å². The van der Waals surface area contributed by atoms with Gasteiger partial charge in [-0.2, -0.15) is 0 Å². The number of pyridine rings is 1. The predicted octanol–water partition coefficient (Wildman–Crippen LogP) is 4.08. The second-order valence-electron chi connectivity index (χ2n) is 4.75. The Kier molecular flexibility index (Phi) is 4.86. The van der Waals surface area contributed by atoms with Crippen molar-refractivity contribution in [3.63, 3.8) is 0 Å². The molecule has 1 heterocycles. The maximum absolute atomic E-state index is 13.3. The number of aryl methyl sites for hydroxylation is 1. The van der Waals surface area contributed by atoms with Crippen molar-refractivity contribution in [1.29, 1.82) is 0 Å². The molecule has 0 amide bonds. The van der Waals surface area contributed by atoms with E-state index in [9.17, 15) is 4.39 Å². The monoisotopic (exact) mass is 261 g/mol. The van der Waals surface area contributed by atoms with Gasteiger partial charge in [-0.1, -0.05) is 13.0 Å². The minimum Gasteiger partial charge on any atom is -0.378 e. The third-order valence-corrected chi connectivity index (χ3v) is 3.50. The van der Waals surface area contributed by atoms with Gasteiger partial charge in [0.25, 0.3) is 0 Å². The molecule has 1 aliphatic carbocycles. The van der Waals surface area contributed by atoms with Gasteiger partial charge in [-0.05, 0) is 48.6 Å². The normalized spacial score (nSPS) is 19.1. The molecule has 1 aliphatic rings. The summed E-state index contributed by atoms with van der Waals surface area (Å²) in [6, 6.07) is 2.05. The zero-order valence-electron chi connectivity index (χ0n) is 11.5. The van der Waals surface area contributed by atoms with Gasteiger partial charge in [0.05, 0.1) is 12.3 Å². The van der Waals surface area contributed by atoms with Crippen LogP contribution in [-0.2, 0) is 17.8 Å². The maximum Gasteiger partial charge on any atom is 0.118 e. The molecule has 1 atom stereocenters. The lowest BCUT2D eigenvalue weighted by atomic mass is 9.88. The molecule has 3 heteroatoms. The molecule has 2 nitrogen and oxygen atoms in total. The first-order chi connectivity index (χ1) is 9.26. The van der Waals surface area contributed by atoms with E-state index in [0.29, 0.717) is 6.61 Å². The summed E-state index contributed by atoms with van der Waals surface area (Å²) in [7, 11) is 1.67. The van der Waals surface area contributed by atoms with Crippen molar-refractivity contribution in [2.45, 2.75) is 38.7 Å². The number of ether oxygens (including phenoxy) is 1. The molecule has 102 valence electrons. The van der Waals surface area contributed by atoms with Crippen molar-refractivity contribution in [2.75, 3.05) is 7.11 Å². The Labute approximate surface area is 114 Å². The molecule has 0 radical (unpaired) electrons. The summed E-state index contributed by atoms with van der Waals surface area (Å²) in [4.78, 5) is 4.43. The van der Waals surface area contributed by atoms with E-state index in [4.69, 9.17) is 4.74 Å². The Morgan fingerprint density at radius 1 is 1.47 bits per heavy atom. The van der Waals surface area contributed by atoms with Crippen LogP contribution < -0.4 is 0 Å². The number of aromatic nitrogens is 1. The molecule has 0 saturated carbocycles. The van der Waals surface area contributed by atoms with Gasteiger partial charge in [-0.3, -0.25) is 4.98 Å². The topological polar surface area (TPSA) is 22.1 Å². The van der Waals surface area contributed by atoms with Crippen LogP contribution in [0.3, 0.4) is 0 Å². The van der Waals surface area contributed by atoms with Crippen molar-refractivity contribution < 1.29 is 9.13 Å². The van der Waals surface area contributed by atoms with Gasteiger partial charge in [-0.25, -0.2) is 4.39 Å². The van der Waals surface area contributed by atoms with Crippen LogP contribution in [0.15, 0.2) is 36.3 Å². The summed E-state index contributed by atoms with van der Waals surface area (Å²) in [5, 5.41) is 0. The van der Waals surface area contributed by atoms with Crippen LogP contribution in [0.2, 0.25) is 0 Å². The second-order valence-corrected chi connectivity index (χ2v) is 4.75. The minimum absolute atomic E-state index is 0.141. The summed E-state index contributed by atoms with van der Waals surface area (Å²) >= 11 is 0. The molecular formula is C16H20FNO. The summed E-state index contributed by atoms with van der Waals surface area (Å²) in [6.45, 7) is 2.64. The Bertz CT molecular complexity index is 494. The number of methoxy groups -OCH3 is 1. The molecule has 1 aromatic heterocycles. The van der Waals surface area contributed by atoms with Crippen LogP contribution in [0, 0.1) is 0 Å².